The highest BCUT2D eigenvalue weighted by molar-refractivity contribution is 6.74. The topological polar surface area (TPSA) is 47.9 Å². The summed E-state index contributed by atoms with van der Waals surface area (Å²) in [5.74, 6) is 0.837. The van der Waals surface area contributed by atoms with E-state index in [0.29, 0.717) is 32.7 Å². The monoisotopic (exact) mass is 624 g/mol. The fourth-order valence-electron chi connectivity index (χ4n) is 3.94. The van der Waals surface area contributed by atoms with Crippen LogP contribution in [-0.4, -0.2) is 27.3 Å². The highest BCUT2D eigenvalue weighted by Gasteiger charge is 2.38. The second-order valence-corrected chi connectivity index (χ2v) is 24.7. The molecule has 43 heavy (non-hydrogen) atoms. The van der Waals surface area contributed by atoms with Crippen LogP contribution in [0.1, 0.15) is 97.4 Å². The van der Waals surface area contributed by atoms with Gasteiger partial charge in [-0.1, -0.05) is 97.9 Å². The Morgan fingerprint density at radius 2 is 1.33 bits per heavy atom. The minimum atomic E-state index is -1.93. The predicted molar refractivity (Wildman–Crippen MR) is 190 cm³/mol. The summed E-state index contributed by atoms with van der Waals surface area (Å²) in [6.45, 7) is 30.6. The van der Waals surface area contributed by atoms with Crippen LogP contribution in [0.3, 0.4) is 0 Å². The number of hydrogen-bond donors (Lipinski definition) is 1. The standard InChI is InChI=1S/C37H60O4Si2/c1-14-37(38,15-2)23-17-18-29(3)31-20-16-19-30(24-31)26-39-34-22-21-32(27-40-42(10,11)35(4,5)6)33(25-34)28-41-43(12,13)36(7,8)9/h16-25,38H,14-15,26-28H2,1-13H3. The Bertz CT molecular complexity index is 1240. The van der Waals surface area contributed by atoms with Crippen LogP contribution < -0.4 is 4.74 Å². The van der Waals surface area contributed by atoms with Gasteiger partial charge in [0.2, 0.25) is 0 Å². The molecule has 0 aliphatic carbocycles. The van der Waals surface area contributed by atoms with E-state index in [1.165, 1.54) is 5.56 Å². The maximum Gasteiger partial charge on any atom is 0.192 e. The molecule has 0 saturated heterocycles. The molecule has 2 rings (SSSR count). The molecule has 240 valence electrons. The van der Waals surface area contributed by atoms with Gasteiger partial charge in [0.25, 0.3) is 0 Å². The molecule has 2 aromatic carbocycles. The molecule has 0 aromatic heterocycles. The highest BCUT2D eigenvalue weighted by Crippen LogP contribution is 2.39. The van der Waals surface area contributed by atoms with Crippen molar-refractivity contribution < 1.29 is 18.7 Å². The Labute approximate surface area is 265 Å². The van der Waals surface area contributed by atoms with Crippen LogP contribution in [0, 0.1) is 0 Å². The molecule has 0 aliphatic heterocycles. The van der Waals surface area contributed by atoms with E-state index in [-0.39, 0.29) is 10.1 Å². The molecule has 0 bridgehead atoms. The minimum absolute atomic E-state index is 0.138. The zero-order valence-corrected chi connectivity index (χ0v) is 31.5. The van der Waals surface area contributed by atoms with Crippen molar-refractivity contribution >= 4 is 22.2 Å². The van der Waals surface area contributed by atoms with Gasteiger partial charge >= 0.3 is 0 Å². The number of rotatable bonds is 14. The van der Waals surface area contributed by atoms with Gasteiger partial charge in [-0.3, -0.25) is 0 Å². The van der Waals surface area contributed by atoms with E-state index in [1.807, 2.05) is 26.0 Å². The predicted octanol–water partition coefficient (Wildman–Crippen LogP) is 10.8. The number of benzene rings is 2. The molecule has 0 amide bonds. The molecule has 0 aliphatic rings. The summed E-state index contributed by atoms with van der Waals surface area (Å²) < 4.78 is 19.6. The minimum Gasteiger partial charge on any atom is -0.489 e. The zero-order chi connectivity index (χ0) is 32.7. The normalized spacial score (nSPS) is 14.0. The summed E-state index contributed by atoms with van der Waals surface area (Å²) in [6, 6.07) is 14.8. The van der Waals surface area contributed by atoms with Crippen molar-refractivity contribution in [3.05, 3.63) is 82.9 Å². The zero-order valence-electron chi connectivity index (χ0n) is 29.5. The Morgan fingerprint density at radius 3 is 1.86 bits per heavy atom. The van der Waals surface area contributed by atoms with Gasteiger partial charge in [-0.25, -0.2) is 0 Å². The van der Waals surface area contributed by atoms with Gasteiger partial charge in [0.05, 0.1) is 18.8 Å². The lowest BCUT2D eigenvalue weighted by Crippen LogP contribution is -2.41. The molecular weight excluding hydrogens is 565 g/mol. The SMILES string of the molecule is CCC(O)(C=CC=C(C)c1cccc(COc2ccc(CO[Si](C)(C)C(C)(C)C)c(CO[Si](C)(C)C(C)(C)C)c2)c1)CC. The van der Waals surface area contributed by atoms with E-state index < -0.39 is 22.2 Å². The van der Waals surface area contributed by atoms with Gasteiger partial charge in [-0.05, 0) is 102 Å². The third kappa shape index (κ3) is 10.9. The molecule has 1 N–H and O–H groups in total. The average Bonchev–Trinajstić information content (AvgIpc) is 2.93. The van der Waals surface area contributed by atoms with Crippen molar-refractivity contribution in [3.8, 4) is 5.75 Å². The van der Waals surface area contributed by atoms with Gasteiger partial charge in [0.15, 0.2) is 16.6 Å². The van der Waals surface area contributed by atoms with Crippen LogP contribution >= 0.6 is 0 Å². The van der Waals surface area contributed by atoms with Gasteiger partial charge in [0.1, 0.15) is 12.4 Å². The molecule has 0 atom stereocenters. The van der Waals surface area contributed by atoms with Crippen molar-refractivity contribution in [2.75, 3.05) is 0 Å². The van der Waals surface area contributed by atoms with Crippen molar-refractivity contribution in [3.63, 3.8) is 0 Å². The van der Waals surface area contributed by atoms with Crippen LogP contribution in [0.5, 0.6) is 5.75 Å². The first-order valence-corrected chi connectivity index (χ1v) is 21.8. The third-order valence-corrected chi connectivity index (χ3v) is 18.7. The maximum absolute atomic E-state index is 10.5. The Kier molecular flexibility index (Phi) is 12.9. The lowest BCUT2D eigenvalue weighted by molar-refractivity contribution is 0.0828. The van der Waals surface area contributed by atoms with Crippen molar-refractivity contribution in [2.24, 2.45) is 0 Å². The quantitative estimate of drug-likeness (QED) is 0.168. The summed E-state index contributed by atoms with van der Waals surface area (Å²) in [5.41, 5.74) is 4.96. The van der Waals surface area contributed by atoms with Crippen LogP contribution in [0.15, 0.2) is 60.7 Å². The first kappa shape index (κ1) is 37.2. The number of ether oxygens (including phenoxy) is 1. The van der Waals surface area contributed by atoms with Crippen molar-refractivity contribution in [2.45, 2.75) is 137 Å². The second kappa shape index (κ2) is 14.9. The molecule has 0 unspecified atom stereocenters. The van der Waals surface area contributed by atoms with Crippen LogP contribution in [0.25, 0.3) is 5.57 Å². The Balaban J connectivity index is 2.25. The number of aliphatic hydroxyl groups is 1. The van der Waals surface area contributed by atoms with Crippen molar-refractivity contribution in [1.82, 2.24) is 0 Å². The summed E-state index contributed by atoms with van der Waals surface area (Å²) in [4.78, 5) is 0. The van der Waals surface area contributed by atoms with Gasteiger partial charge < -0.3 is 18.7 Å². The number of hydrogen-bond acceptors (Lipinski definition) is 4. The van der Waals surface area contributed by atoms with Crippen molar-refractivity contribution in [1.29, 1.82) is 0 Å². The molecule has 2 aromatic rings. The maximum atomic E-state index is 10.5. The Hall–Kier alpha value is -1.97. The van der Waals surface area contributed by atoms with Gasteiger partial charge in [0, 0.05) is 0 Å². The van der Waals surface area contributed by atoms with Crippen LogP contribution in [0.4, 0.5) is 0 Å². The molecule has 6 heteroatoms. The molecule has 0 saturated carbocycles. The first-order chi connectivity index (χ1) is 19.7. The first-order valence-electron chi connectivity index (χ1n) is 15.9. The van der Waals surface area contributed by atoms with E-state index in [9.17, 15) is 5.11 Å². The number of allylic oxidation sites excluding steroid dienone is 3. The molecule has 0 fully saturated rings. The largest absolute Gasteiger partial charge is 0.489 e. The van der Waals surface area contributed by atoms with E-state index in [4.69, 9.17) is 13.6 Å². The molecule has 0 heterocycles. The lowest BCUT2D eigenvalue weighted by Gasteiger charge is -2.37. The molecule has 0 spiro atoms. The summed E-state index contributed by atoms with van der Waals surface area (Å²) in [6.07, 6.45) is 7.34. The van der Waals surface area contributed by atoms with E-state index >= 15 is 0 Å². The molecule has 4 nitrogen and oxygen atoms in total. The second-order valence-electron chi connectivity index (χ2n) is 15.0. The van der Waals surface area contributed by atoms with E-state index in [1.54, 1.807) is 0 Å². The van der Waals surface area contributed by atoms with Crippen LogP contribution in [-0.2, 0) is 28.7 Å². The van der Waals surface area contributed by atoms with E-state index in [0.717, 1.165) is 28.0 Å². The average molecular weight is 625 g/mol. The fraction of sp³-hybridized carbons (Fsp3) is 0.568. The Morgan fingerprint density at radius 1 is 0.767 bits per heavy atom. The summed E-state index contributed by atoms with van der Waals surface area (Å²) in [7, 11) is -3.82. The fourth-order valence-corrected chi connectivity index (χ4v) is 5.84. The molecular formula is C37H60O4Si2. The summed E-state index contributed by atoms with van der Waals surface area (Å²) >= 11 is 0. The van der Waals surface area contributed by atoms with Crippen LogP contribution in [0.2, 0.25) is 36.3 Å². The smallest absolute Gasteiger partial charge is 0.192 e. The molecule has 0 radical (unpaired) electrons. The van der Waals surface area contributed by atoms with E-state index in [2.05, 4.69) is 123 Å². The highest BCUT2D eigenvalue weighted by atomic mass is 28.4. The third-order valence-electron chi connectivity index (χ3n) is 9.73. The summed E-state index contributed by atoms with van der Waals surface area (Å²) in [5, 5.41) is 10.8. The lowest BCUT2D eigenvalue weighted by atomic mass is 9.96. The van der Waals surface area contributed by atoms with Gasteiger partial charge in [-0.2, -0.15) is 0 Å². The van der Waals surface area contributed by atoms with Gasteiger partial charge in [-0.15, -0.1) is 0 Å².